The predicted octanol–water partition coefficient (Wildman–Crippen LogP) is 1.24. The molecule has 1 aliphatic heterocycles. The summed E-state index contributed by atoms with van der Waals surface area (Å²) in [7, 11) is 0. The van der Waals surface area contributed by atoms with E-state index in [0.29, 0.717) is 0 Å². The molecule has 0 saturated carbocycles. The number of ether oxygens (including phenoxy) is 1. The van der Waals surface area contributed by atoms with E-state index >= 15 is 0 Å². The molecular formula is C11H16N2O. The van der Waals surface area contributed by atoms with Crippen molar-refractivity contribution in [1.82, 2.24) is 5.01 Å². The number of aryl methyl sites for hydroxylation is 1. The monoisotopic (exact) mass is 192 g/mol. The summed E-state index contributed by atoms with van der Waals surface area (Å²) in [5, 5.41) is 1.82. The molecule has 0 amide bonds. The fourth-order valence-electron chi connectivity index (χ4n) is 1.74. The van der Waals surface area contributed by atoms with Gasteiger partial charge in [0.05, 0.1) is 12.7 Å². The van der Waals surface area contributed by atoms with E-state index < -0.39 is 0 Å². The van der Waals surface area contributed by atoms with Crippen LogP contribution in [0.25, 0.3) is 0 Å². The van der Waals surface area contributed by atoms with Crippen LogP contribution in [0.5, 0.6) is 0 Å². The van der Waals surface area contributed by atoms with Crippen LogP contribution >= 0.6 is 0 Å². The fraction of sp³-hybridized carbons (Fsp3) is 0.455. The van der Waals surface area contributed by atoms with Crippen LogP contribution < -0.4 is 5.84 Å². The van der Waals surface area contributed by atoms with Crippen molar-refractivity contribution in [1.29, 1.82) is 0 Å². The lowest BCUT2D eigenvalue weighted by Gasteiger charge is -2.29. The highest BCUT2D eigenvalue weighted by Gasteiger charge is 2.19. The third kappa shape index (κ3) is 2.12. The largest absolute Gasteiger partial charge is 0.371 e. The predicted molar refractivity (Wildman–Crippen MR) is 55.6 cm³/mol. The summed E-state index contributed by atoms with van der Waals surface area (Å²) < 4.78 is 5.67. The number of hydrazine groups is 1. The van der Waals surface area contributed by atoms with E-state index in [1.807, 2.05) is 5.01 Å². The molecule has 2 N–H and O–H groups in total. The van der Waals surface area contributed by atoms with Gasteiger partial charge in [-0.3, -0.25) is 5.84 Å². The molecule has 2 rings (SSSR count). The number of hydrogen-bond acceptors (Lipinski definition) is 3. The molecule has 0 spiro atoms. The lowest BCUT2D eigenvalue weighted by Crippen LogP contribution is -2.42. The second kappa shape index (κ2) is 4.09. The maximum absolute atomic E-state index is 5.75. The zero-order chi connectivity index (χ0) is 9.97. The van der Waals surface area contributed by atoms with Gasteiger partial charge in [0.15, 0.2) is 0 Å². The molecule has 3 heteroatoms. The molecule has 76 valence electrons. The van der Waals surface area contributed by atoms with Crippen LogP contribution in [-0.2, 0) is 4.74 Å². The van der Waals surface area contributed by atoms with Crippen molar-refractivity contribution < 1.29 is 4.74 Å². The van der Waals surface area contributed by atoms with Crippen LogP contribution in [0.15, 0.2) is 24.3 Å². The summed E-state index contributed by atoms with van der Waals surface area (Å²) in [6.45, 7) is 4.41. The van der Waals surface area contributed by atoms with Gasteiger partial charge in [0.25, 0.3) is 0 Å². The van der Waals surface area contributed by atoms with Crippen LogP contribution in [0.3, 0.4) is 0 Å². The standard InChI is InChI=1S/C11H16N2O/c1-9-3-2-4-10(7-9)11-8-13(12)5-6-14-11/h2-4,7,11H,5-6,8,12H2,1H3. The topological polar surface area (TPSA) is 38.5 Å². The molecule has 1 fully saturated rings. The Morgan fingerprint density at radius 3 is 3.07 bits per heavy atom. The Morgan fingerprint density at radius 2 is 2.36 bits per heavy atom. The van der Waals surface area contributed by atoms with Gasteiger partial charge in [-0.25, -0.2) is 5.01 Å². The average Bonchev–Trinajstić information content (AvgIpc) is 2.18. The average molecular weight is 192 g/mol. The van der Waals surface area contributed by atoms with Crippen LogP contribution in [0.2, 0.25) is 0 Å². The van der Waals surface area contributed by atoms with E-state index in [0.717, 1.165) is 19.7 Å². The van der Waals surface area contributed by atoms with Gasteiger partial charge in [-0.1, -0.05) is 29.8 Å². The third-order valence-corrected chi connectivity index (χ3v) is 2.51. The van der Waals surface area contributed by atoms with Crippen molar-refractivity contribution in [2.24, 2.45) is 5.84 Å². The van der Waals surface area contributed by atoms with Gasteiger partial charge in [-0.2, -0.15) is 0 Å². The smallest absolute Gasteiger partial charge is 0.0966 e. The lowest BCUT2D eigenvalue weighted by atomic mass is 10.1. The van der Waals surface area contributed by atoms with Gasteiger partial charge in [0.1, 0.15) is 0 Å². The molecule has 1 aliphatic rings. The zero-order valence-electron chi connectivity index (χ0n) is 8.44. The maximum atomic E-state index is 5.75. The third-order valence-electron chi connectivity index (χ3n) is 2.51. The van der Waals surface area contributed by atoms with E-state index in [-0.39, 0.29) is 6.10 Å². The van der Waals surface area contributed by atoms with Gasteiger partial charge in [0.2, 0.25) is 0 Å². The molecule has 1 atom stereocenters. The van der Waals surface area contributed by atoms with Crippen molar-refractivity contribution in [2.45, 2.75) is 13.0 Å². The lowest BCUT2D eigenvalue weighted by molar-refractivity contribution is -0.0304. The summed E-state index contributed by atoms with van der Waals surface area (Å²) in [4.78, 5) is 0. The summed E-state index contributed by atoms with van der Waals surface area (Å²) in [6, 6.07) is 8.40. The first-order chi connectivity index (χ1) is 6.75. The Kier molecular flexibility index (Phi) is 2.82. The molecule has 0 aliphatic carbocycles. The maximum Gasteiger partial charge on any atom is 0.0966 e. The molecule has 1 aromatic rings. The summed E-state index contributed by atoms with van der Waals surface area (Å²) >= 11 is 0. The van der Waals surface area contributed by atoms with Crippen molar-refractivity contribution in [3.05, 3.63) is 35.4 Å². The van der Waals surface area contributed by atoms with E-state index in [9.17, 15) is 0 Å². The number of hydrogen-bond donors (Lipinski definition) is 1. The van der Waals surface area contributed by atoms with E-state index in [4.69, 9.17) is 10.6 Å². The van der Waals surface area contributed by atoms with Crippen molar-refractivity contribution in [3.8, 4) is 0 Å². The van der Waals surface area contributed by atoms with Gasteiger partial charge in [-0.15, -0.1) is 0 Å². The van der Waals surface area contributed by atoms with Gasteiger partial charge < -0.3 is 4.74 Å². The Labute approximate surface area is 84.4 Å². The second-order valence-corrected chi connectivity index (χ2v) is 3.77. The molecular weight excluding hydrogens is 176 g/mol. The zero-order valence-corrected chi connectivity index (χ0v) is 8.44. The van der Waals surface area contributed by atoms with Crippen LogP contribution in [0.4, 0.5) is 0 Å². The Balaban J connectivity index is 2.14. The summed E-state index contributed by atoms with van der Waals surface area (Å²) in [6.07, 6.45) is 0.133. The number of benzene rings is 1. The van der Waals surface area contributed by atoms with Gasteiger partial charge in [0, 0.05) is 13.1 Å². The normalized spacial score (nSPS) is 23.7. The van der Waals surface area contributed by atoms with Crippen LogP contribution in [0, 0.1) is 6.92 Å². The highest BCUT2D eigenvalue weighted by molar-refractivity contribution is 5.24. The molecule has 1 heterocycles. The highest BCUT2D eigenvalue weighted by atomic mass is 16.5. The minimum absolute atomic E-state index is 0.133. The number of nitrogens with zero attached hydrogens (tertiary/aromatic N) is 1. The molecule has 3 nitrogen and oxygen atoms in total. The molecule has 0 aromatic heterocycles. The van der Waals surface area contributed by atoms with E-state index in [1.165, 1.54) is 11.1 Å². The Bertz CT molecular complexity index is 314. The minimum atomic E-state index is 0.133. The number of nitrogens with two attached hydrogens (primary N) is 1. The Morgan fingerprint density at radius 1 is 1.50 bits per heavy atom. The number of rotatable bonds is 1. The summed E-state index contributed by atoms with van der Waals surface area (Å²) in [5.41, 5.74) is 2.49. The van der Waals surface area contributed by atoms with Crippen LogP contribution in [-0.4, -0.2) is 24.7 Å². The first-order valence-electron chi connectivity index (χ1n) is 4.93. The molecule has 1 aromatic carbocycles. The summed E-state index contributed by atoms with van der Waals surface area (Å²) in [5.74, 6) is 5.75. The Hall–Kier alpha value is -0.900. The van der Waals surface area contributed by atoms with Gasteiger partial charge in [-0.05, 0) is 12.5 Å². The van der Waals surface area contributed by atoms with Crippen molar-refractivity contribution in [2.75, 3.05) is 19.7 Å². The minimum Gasteiger partial charge on any atom is -0.371 e. The second-order valence-electron chi connectivity index (χ2n) is 3.77. The van der Waals surface area contributed by atoms with E-state index in [2.05, 4.69) is 31.2 Å². The SMILES string of the molecule is Cc1cccc(C2CN(N)CCO2)c1. The first kappa shape index (κ1) is 9.65. The number of morpholine rings is 1. The van der Waals surface area contributed by atoms with Crippen LogP contribution in [0.1, 0.15) is 17.2 Å². The van der Waals surface area contributed by atoms with Gasteiger partial charge >= 0.3 is 0 Å². The molecule has 0 radical (unpaired) electrons. The first-order valence-corrected chi connectivity index (χ1v) is 4.93. The quantitative estimate of drug-likeness (QED) is 0.680. The molecule has 14 heavy (non-hydrogen) atoms. The van der Waals surface area contributed by atoms with E-state index in [1.54, 1.807) is 0 Å². The van der Waals surface area contributed by atoms with Crippen molar-refractivity contribution in [3.63, 3.8) is 0 Å². The van der Waals surface area contributed by atoms with Crippen molar-refractivity contribution >= 4 is 0 Å². The highest BCUT2D eigenvalue weighted by Crippen LogP contribution is 2.21. The molecule has 1 saturated heterocycles. The molecule has 0 bridgehead atoms. The fourth-order valence-corrected chi connectivity index (χ4v) is 1.74. The molecule has 1 unspecified atom stereocenters.